The number of carbonyl (C=O) groups is 2. The van der Waals surface area contributed by atoms with E-state index in [1.165, 1.54) is 25.8 Å². The Labute approximate surface area is 260 Å². The van der Waals surface area contributed by atoms with Gasteiger partial charge in [0, 0.05) is 28.6 Å². The lowest BCUT2D eigenvalue weighted by molar-refractivity contribution is -0.142. The molecular formula is C32H32N5O5PS. The van der Waals surface area contributed by atoms with Crippen LogP contribution in [0.25, 0.3) is 6.08 Å². The van der Waals surface area contributed by atoms with Crippen molar-refractivity contribution < 1.29 is 23.4 Å². The summed E-state index contributed by atoms with van der Waals surface area (Å²) in [4.78, 5) is 30.4. The fourth-order valence-electron chi connectivity index (χ4n) is 4.01. The van der Waals surface area contributed by atoms with Crippen LogP contribution in [0, 0.1) is 5.41 Å². The average Bonchev–Trinajstić information content (AvgIpc) is 3.04. The van der Waals surface area contributed by atoms with Crippen LogP contribution >= 0.6 is 19.4 Å². The molecule has 226 valence electrons. The molecule has 0 saturated heterocycles. The highest BCUT2D eigenvalue weighted by atomic mass is 32.2. The minimum Gasteiger partial charge on any atom is -0.468 e. The van der Waals surface area contributed by atoms with Gasteiger partial charge in [-0.25, -0.2) is 9.65 Å². The lowest BCUT2D eigenvalue weighted by Gasteiger charge is -2.25. The predicted molar refractivity (Wildman–Crippen MR) is 173 cm³/mol. The van der Waals surface area contributed by atoms with Crippen molar-refractivity contribution in [2.75, 3.05) is 19.2 Å². The Balaban J connectivity index is 1.76. The van der Waals surface area contributed by atoms with Crippen LogP contribution in [0.3, 0.4) is 0 Å². The number of para-hydroxylation sites is 1. The molecule has 12 heteroatoms. The summed E-state index contributed by atoms with van der Waals surface area (Å²) in [7, 11) is -1.27. The number of rotatable bonds is 13. The Hall–Kier alpha value is -4.70. The summed E-state index contributed by atoms with van der Waals surface area (Å²) >= 11 is 1.33. The van der Waals surface area contributed by atoms with Crippen LogP contribution in [0.4, 0.5) is 5.69 Å². The zero-order chi connectivity index (χ0) is 31.5. The van der Waals surface area contributed by atoms with Gasteiger partial charge in [-0.15, -0.1) is 0 Å². The smallest absolute Gasteiger partial charge is 0.417 e. The fourth-order valence-corrected chi connectivity index (χ4v) is 6.69. The molecule has 0 radical (unpaired) electrons. The Kier molecular flexibility index (Phi) is 11.1. The molecule has 0 fully saturated rings. The average molecular weight is 630 g/mol. The van der Waals surface area contributed by atoms with Crippen LogP contribution in [0.1, 0.15) is 28.5 Å². The summed E-state index contributed by atoms with van der Waals surface area (Å²) in [6.45, 7) is 1.51. The number of benzene rings is 3. The molecule has 1 amide bonds. The SMILES string of the molecule is CNC(=O)c1ccccc1Sc1ccc(C(=N)/C=C/c2ccccn2)c(NP(=O)(NC(C)C(=O)OC)Oc2ccccc2)c1. The van der Waals surface area contributed by atoms with E-state index < -0.39 is 19.7 Å². The van der Waals surface area contributed by atoms with Gasteiger partial charge in [0.1, 0.15) is 11.8 Å². The molecule has 1 aromatic heterocycles. The number of amides is 1. The van der Waals surface area contributed by atoms with Gasteiger partial charge in [0.15, 0.2) is 0 Å². The number of anilines is 1. The minimum atomic E-state index is -4.07. The summed E-state index contributed by atoms with van der Waals surface area (Å²) in [5, 5.41) is 17.2. The van der Waals surface area contributed by atoms with Gasteiger partial charge in [-0.3, -0.25) is 19.7 Å². The second kappa shape index (κ2) is 15.2. The molecule has 2 atom stereocenters. The van der Waals surface area contributed by atoms with E-state index in [-0.39, 0.29) is 11.6 Å². The normalized spacial score (nSPS) is 13.0. The molecule has 10 nitrogen and oxygen atoms in total. The zero-order valence-electron chi connectivity index (χ0n) is 24.3. The fraction of sp³-hybridized carbons (Fsp3) is 0.125. The van der Waals surface area contributed by atoms with Crippen molar-refractivity contribution >= 4 is 48.8 Å². The first-order valence-electron chi connectivity index (χ1n) is 13.5. The number of carbonyl (C=O) groups excluding carboxylic acids is 2. The molecule has 1 heterocycles. The molecule has 0 saturated carbocycles. The van der Waals surface area contributed by atoms with Crippen molar-refractivity contribution in [3.05, 3.63) is 120 Å². The molecular weight excluding hydrogens is 597 g/mol. The predicted octanol–water partition coefficient (Wildman–Crippen LogP) is 6.42. The summed E-state index contributed by atoms with van der Waals surface area (Å²) < 4.78 is 25.1. The van der Waals surface area contributed by atoms with E-state index >= 15 is 0 Å². The van der Waals surface area contributed by atoms with Crippen LogP contribution in [0.2, 0.25) is 0 Å². The summed E-state index contributed by atoms with van der Waals surface area (Å²) in [6.07, 6.45) is 4.94. The third-order valence-electron chi connectivity index (χ3n) is 6.14. The number of allylic oxidation sites excluding steroid dienone is 1. The maximum Gasteiger partial charge on any atom is 0.417 e. The molecule has 0 aliphatic heterocycles. The van der Waals surface area contributed by atoms with E-state index in [4.69, 9.17) is 14.7 Å². The number of esters is 1. The zero-order valence-corrected chi connectivity index (χ0v) is 26.0. The van der Waals surface area contributed by atoms with Crippen LogP contribution < -0.4 is 20.0 Å². The van der Waals surface area contributed by atoms with Gasteiger partial charge >= 0.3 is 13.6 Å². The number of hydrogen-bond acceptors (Lipinski definition) is 8. The van der Waals surface area contributed by atoms with Gasteiger partial charge < -0.3 is 20.0 Å². The van der Waals surface area contributed by atoms with E-state index in [2.05, 4.69) is 20.5 Å². The summed E-state index contributed by atoms with van der Waals surface area (Å²) in [6, 6.07) is 25.4. The molecule has 44 heavy (non-hydrogen) atoms. The van der Waals surface area contributed by atoms with Gasteiger partial charge in [0.05, 0.1) is 29.8 Å². The summed E-state index contributed by atoms with van der Waals surface area (Å²) in [5.74, 6) is -0.569. The Bertz CT molecular complexity index is 1700. The third kappa shape index (κ3) is 8.67. The van der Waals surface area contributed by atoms with Crippen molar-refractivity contribution in [1.29, 1.82) is 5.41 Å². The van der Waals surface area contributed by atoms with E-state index in [0.717, 1.165) is 0 Å². The molecule has 4 aromatic rings. The van der Waals surface area contributed by atoms with E-state index in [1.54, 1.807) is 86.1 Å². The van der Waals surface area contributed by atoms with E-state index in [9.17, 15) is 14.2 Å². The molecule has 0 aliphatic rings. The maximum atomic E-state index is 14.4. The van der Waals surface area contributed by atoms with Crippen molar-refractivity contribution in [1.82, 2.24) is 15.4 Å². The van der Waals surface area contributed by atoms with Gasteiger partial charge in [-0.2, -0.15) is 0 Å². The molecule has 0 bridgehead atoms. The molecule has 4 rings (SSSR count). The number of aromatic nitrogens is 1. The number of hydrogen-bond donors (Lipinski definition) is 4. The van der Waals surface area contributed by atoms with Crippen molar-refractivity contribution in [2.24, 2.45) is 0 Å². The number of methoxy groups -OCH3 is 1. The molecule has 0 aliphatic carbocycles. The van der Waals surface area contributed by atoms with Crippen molar-refractivity contribution in [3.63, 3.8) is 0 Å². The van der Waals surface area contributed by atoms with E-state index in [0.29, 0.717) is 38.0 Å². The highest BCUT2D eigenvalue weighted by Gasteiger charge is 2.32. The minimum absolute atomic E-state index is 0.104. The van der Waals surface area contributed by atoms with E-state index in [1.807, 2.05) is 30.3 Å². The number of ether oxygens (including phenoxy) is 1. The second-order valence-electron chi connectivity index (χ2n) is 9.33. The number of nitrogens with one attached hydrogen (secondary N) is 4. The van der Waals surface area contributed by atoms with Crippen LogP contribution in [0.5, 0.6) is 5.75 Å². The van der Waals surface area contributed by atoms with Gasteiger partial charge in [0.2, 0.25) is 0 Å². The van der Waals surface area contributed by atoms with Gasteiger partial charge in [-0.1, -0.05) is 48.2 Å². The van der Waals surface area contributed by atoms with Gasteiger partial charge in [-0.05, 0) is 73.7 Å². The first kappa shape index (κ1) is 32.2. The Morgan fingerprint density at radius 1 is 0.977 bits per heavy atom. The topological polar surface area (TPSA) is 142 Å². The number of pyridine rings is 1. The van der Waals surface area contributed by atoms with Crippen LogP contribution in [0.15, 0.2) is 113 Å². The quantitative estimate of drug-likeness (QED) is 0.0748. The van der Waals surface area contributed by atoms with Crippen LogP contribution in [-0.2, 0) is 14.1 Å². The highest BCUT2D eigenvalue weighted by Crippen LogP contribution is 2.46. The van der Waals surface area contributed by atoms with Gasteiger partial charge in [0.25, 0.3) is 5.91 Å². The molecule has 0 spiro atoms. The first-order chi connectivity index (χ1) is 21.2. The van der Waals surface area contributed by atoms with Crippen molar-refractivity contribution in [3.8, 4) is 5.75 Å². The number of nitrogens with zero attached hydrogens (tertiary/aromatic N) is 1. The largest absolute Gasteiger partial charge is 0.468 e. The standard InChI is InChI=1S/C32H32N5O5PS/c1-22(32(39)41-3)36-43(40,42-24-12-5-4-6-13-24)37-29-21-25(44-30-15-8-7-14-27(30)31(38)34-2)17-18-26(29)28(33)19-16-23-11-9-10-20-35-23/h4-22,33H,1-3H3,(H,34,38)(H2,36,37,40)/b19-16+,33-28?. The lowest BCUT2D eigenvalue weighted by atomic mass is 10.1. The first-order valence-corrected chi connectivity index (χ1v) is 15.9. The second-order valence-corrected chi connectivity index (χ2v) is 12.2. The molecule has 4 N–H and O–H groups in total. The monoisotopic (exact) mass is 629 g/mol. The molecule has 3 aromatic carbocycles. The molecule has 2 unspecified atom stereocenters. The summed E-state index contributed by atoms with van der Waals surface area (Å²) in [5.41, 5.74) is 1.97. The van der Waals surface area contributed by atoms with Crippen LogP contribution in [-0.4, -0.2) is 42.8 Å². The Morgan fingerprint density at radius 3 is 2.41 bits per heavy atom. The Morgan fingerprint density at radius 2 is 1.70 bits per heavy atom. The third-order valence-corrected chi connectivity index (χ3v) is 8.94. The highest BCUT2D eigenvalue weighted by molar-refractivity contribution is 7.99. The maximum absolute atomic E-state index is 14.4. The van der Waals surface area contributed by atoms with Crippen molar-refractivity contribution in [2.45, 2.75) is 22.8 Å². The lowest BCUT2D eigenvalue weighted by Crippen LogP contribution is -2.36.